The Bertz CT molecular complexity index is 402. The summed E-state index contributed by atoms with van der Waals surface area (Å²) in [7, 11) is 4.31. The van der Waals surface area contributed by atoms with Crippen LogP contribution in [0.5, 0.6) is 0 Å². The molecule has 4 heteroatoms. The zero-order chi connectivity index (χ0) is 13.2. The van der Waals surface area contributed by atoms with E-state index in [2.05, 4.69) is 38.2 Å². The molecule has 1 aliphatic heterocycles. The van der Waals surface area contributed by atoms with Crippen LogP contribution in [0.15, 0.2) is 0 Å². The lowest BCUT2D eigenvalue weighted by atomic mass is 9.91. The van der Waals surface area contributed by atoms with Gasteiger partial charge in [-0.1, -0.05) is 6.92 Å². The molecular weight excluding hydrogens is 242 g/mol. The van der Waals surface area contributed by atoms with Gasteiger partial charge in [0.1, 0.15) is 5.01 Å². The van der Waals surface area contributed by atoms with Crippen LogP contribution in [0.3, 0.4) is 0 Å². The molecule has 2 heterocycles. The Kier molecular flexibility index (Phi) is 4.41. The summed E-state index contributed by atoms with van der Waals surface area (Å²) >= 11 is 1.89. The van der Waals surface area contributed by atoms with Crippen LogP contribution in [-0.4, -0.2) is 37.1 Å². The lowest BCUT2D eigenvalue weighted by molar-refractivity contribution is 0.296. The number of hydrogen-bond acceptors (Lipinski definition) is 4. The van der Waals surface area contributed by atoms with E-state index in [1.54, 1.807) is 0 Å². The Morgan fingerprint density at radius 1 is 1.39 bits per heavy atom. The molecular formula is C14H25N3S. The molecule has 1 aliphatic rings. The van der Waals surface area contributed by atoms with Crippen LogP contribution < -0.4 is 5.32 Å². The SMILES string of the molecule is CCc1nc(C2(NC)CCCN(C)CC2)sc1C. The molecule has 18 heavy (non-hydrogen) atoms. The third-order valence-electron chi connectivity index (χ3n) is 4.18. The maximum absolute atomic E-state index is 4.90. The van der Waals surface area contributed by atoms with E-state index in [0.29, 0.717) is 0 Å². The average molecular weight is 267 g/mol. The summed E-state index contributed by atoms with van der Waals surface area (Å²) in [5.74, 6) is 0. The van der Waals surface area contributed by atoms with E-state index in [0.717, 1.165) is 19.4 Å². The molecule has 1 aromatic heterocycles. The molecule has 1 atom stereocenters. The Hall–Kier alpha value is -0.450. The number of hydrogen-bond donors (Lipinski definition) is 1. The van der Waals surface area contributed by atoms with E-state index in [4.69, 9.17) is 4.98 Å². The Morgan fingerprint density at radius 2 is 2.17 bits per heavy atom. The number of thiazole rings is 1. The molecule has 0 radical (unpaired) electrons. The van der Waals surface area contributed by atoms with Gasteiger partial charge in [-0.25, -0.2) is 4.98 Å². The number of nitrogens with one attached hydrogen (secondary N) is 1. The van der Waals surface area contributed by atoms with Crippen molar-refractivity contribution in [3.63, 3.8) is 0 Å². The third kappa shape index (κ3) is 2.60. The molecule has 0 saturated carbocycles. The van der Waals surface area contributed by atoms with Crippen molar-refractivity contribution in [1.29, 1.82) is 0 Å². The molecule has 0 amide bonds. The largest absolute Gasteiger partial charge is 0.308 e. The van der Waals surface area contributed by atoms with E-state index < -0.39 is 0 Å². The molecule has 0 aliphatic carbocycles. The van der Waals surface area contributed by atoms with Crippen LogP contribution >= 0.6 is 11.3 Å². The van der Waals surface area contributed by atoms with Gasteiger partial charge in [0, 0.05) is 11.4 Å². The van der Waals surface area contributed by atoms with Gasteiger partial charge in [-0.2, -0.15) is 0 Å². The van der Waals surface area contributed by atoms with Crippen molar-refractivity contribution in [2.75, 3.05) is 27.2 Å². The minimum atomic E-state index is 0.105. The molecule has 102 valence electrons. The van der Waals surface area contributed by atoms with Gasteiger partial charge in [-0.3, -0.25) is 0 Å². The first-order valence-electron chi connectivity index (χ1n) is 6.95. The number of likely N-dealkylation sites (tertiary alicyclic amines) is 1. The fourth-order valence-electron chi connectivity index (χ4n) is 2.80. The second-order valence-corrected chi connectivity index (χ2v) is 6.57. The van der Waals surface area contributed by atoms with Crippen LogP contribution in [0, 0.1) is 6.92 Å². The summed E-state index contributed by atoms with van der Waals surface area (Å²) in [4.78, 5) is 8.72. The van der Waals surface area contributed by atoms with Crippen LogP contribution in [0.1, 0.15) is 41.8 Å². The van der Waals surface area contributed by atoms with Crippen molar-refractivity contribution in [2.24, 2.45) is 0 Å². The zero-order valence-electron chi connectivity index (χ0n) is 12.0. The van der Waals surface area contributed by atoms with Gasteiger partial charge < -0.3 is 10.2 Å². The van der Waals surface area contributed by atoms with Crippen molar-refractivity contribution in [2.45, 2.75) is 45.1 Å². The van der Waals surface area contributed by atoms with E-state index >= 15 is 0 Å². The highest BCUT2D eigenvalue weighted by atomic mass is 32.1. The second kappa shape index (κ2) is 5.68. The van der Waals surface area contributed by atoms with Crippen LogP contribution in [0.2, 0.25) is 0 Å². The van der Waals surface area contributed by atoms with Crippen LogP contribution in [-0.2, 0) is 12.0 Å². The van der Waals surface area contributed by atoms with Gasteiger partial charge in [0.15, 0.2) is 0 Å². The van der Waals surface area contributed by atoms with Gasteiger partial charge in [0.2, 0.25) is 0 Å². The van der Waals surface area contributed by atoms with E-state index in [-0.39, 0.29) is 5.54 Å². The summed E-state index contributed by atoms with van der Waals surface area (Å²) < 4.78 is 0. The highest BCUT2D eigenvalue weighted by Gasteiger charge is 2.35. The fraction of sp³-hybridized carbons (Fsp3) is 0.786. The average Bonchev–Trinajstić information content (AvgIpc) is 2.64. The molecule has 1 N–H and O–H groups in total. The number of aryl methyl sites for hydroxylation is 2. The highest BCUT2D eigenvalue weighted by molar-refractivity contribution is 7.11. The van der Waals surface area contributed by atoms with Crippen molar-refractivity contribution >= 4 is 11.3 Å². The summed E-state index contributed by atoms with van der Waals surface area (Å²) in [6.45, 7) is 6.75. The minimum absolute atomic E-state index is 0.105. The van der Waals surface area contributed by atoms with E-state index in [1.165, 1.54) is 35.0 Å². The summed E-state index contributed by atoms with van der Waals surface area (Å²) in [5, 5.41) is 4.88. The number of rotatable bonds is 3. The van der Waals surface area contributed by atoms with Crippen molar-refractivity contribution in [1.82, 2.24) is 15.2 Å². The van der Waals surface area contributed by atoms with Crippen molar-refractivity contribution in [3.8, 4) is 0 Å². The van der Waals surface area contributed by atoms with Crippen molar-refractivity contribution < 1.29 is 0 Å². The summed E-state index contributed by atoms with van der Waals surface area (Å²) in [6, 6.07) is 0. The van der Waals surface area contributed by atoms with Gasteiger partial charge in [-0.15, -0.1) is 11.3 Å². The van der Waals surface area contributed by atoms with Gasteiger partial charge >= 0.3 is 0 Å². The monoisotopic (exact) mass is 267 g/mol. The number of aromatic nitrogens is 1. The highest BCUT2D eigenvalue weighted by Crippen LogP contribution is 2.36. The van der Waals surface area contributed by atoms with Gasteiger partial charge in [0.05, 0.1) is 11.2 Å². The van der Waals surface area contributed by atoms with Crippen molar-refractivity contribution in [3.05, 3.63) is 15.6 Å². The lowest BCUT2D eigenvalue weighted by Gasteiger charge is -2.30. The van der Waals surface area contributed by atoms with Crippen LogP contribution in [0.25, 0.3) is 0 Å². The molecule has 0 aromatic carbocycles. The zero-order valence-corrected chi connectivity index (χ0v) is 12.9. The second-order valence-electron chi connectivity index (χ2n) is 5.36. The third-order valence-corrected chi connectivity index (χ3v) is 5.40. The molecule has 0 spiro atoms. The maximum atomic E-state index is 4.90. The molecule has 2 rings (SSSR count). The normalized spacial score (nSPS) is 26.2. The molecule has 1 aromatic rings. The summed E-state index contributed by atoms with van der Waals surface area (Å²) in [6.07, 6.45) is 4.65. The van der Waals surface area contributed by atoms with Crippen LogP contribution in [0.4, 0.5) is 0 Å². The first kappa shape index (κ1) is 14.0. The lowest BCUT2D eigenvalue weighted by Crippen LogP contribution is -2.40. The van der Waals surface area contributed by atoms with Gasteiger partial charge in [-0.05, 0) is 53.2 Å². The fourth-order valence-corrected chi connectivity index (χ4v) is 4.06. The van der Waals surface area contributed by atoms with Gasteiger partial charge in [0.25, 0.3) is 0 Å². The predicted octanol–water partition coefficient (Wildman–Crippen LogP) is 2.54. The quantitative estimate of drug-likeness (QED) is 0.912. The van der Waals surface area contributed by atoms with E-state index in [9.17, 15) is 0 Å². The Morgan fingerprint density at radius 3 is 2.78 bits per heavy atom. The predicted molar refractivity (Wildman–Crippen MR) is 78.3 cm³/mol. The number of nitrogens with zero attached hydrogens (tertiary/aromatic N) is 2. The maximum Gasteiger partial charge on any atom is 0.113 e. The Balaban J connectivity index is 2.30. The molecule has 3 nitrogen and oxygen atoms in total. The smallest absolute Gasteiger partial charge is 0.113 e. The molecule has 0 bridgehead atoms. The summed E-state index contributed by atoms with van der Waals surface area (Å²) in [5.41, 5.74) is 1.38. The first-order chi connectivity index (χ1) is 8.61. The molecule has 1 fully saturated rings. The topological polar surface area (TPSA) is 28.2 Å². The molecule has 1 unspecified atom stereocenters. The van der Waals surface area contributed by atoms with E-state index in [1.807, 2.05) is 11.3 Å². The standard InChI is InChI=1S/C14H25N3S/c1-5-12-11(2)18-13(16-12)14(15-3)7-6-9-17(4)10-8-14/h15H,5-10H2,1-4H3. The Labute approximate surface area is 115 Å². The first-order valence-corrected chi connectivity index (χ1v) is 7.77. The molecule has 1 saturated heterocycles. The minimum Gasteiger partial charge on any atom is -0.308 e.